The average Bonchev–Trinajstić information content (AvgIpc) is 3.00. The molecule has 11 heteroatoms. The number of rotatable bonds is 8. The van der Waals surface area contributed by atoms with Crippen LogP contribution in [0.25, 0.3) is 0 Å². The van der Waals surface area contributed by atoms with Crippen molar-refractivity contribution >= 4 is 50.2 Å². The number of sulfonamides is 1. The van der Waals surface area contributed by atoms with Gasteiger partial charge in [0.05, 0.1) is 30.7 Å². The number of ether oxygens (including phenoxy) is 1. The number of primary amides is 1. The summed E-state index contributed by atoms with van der Waals surface area (Å²) in [5.41, 5.74) is 8.10. The van der Waals surface area contributed by atoms with Crippen molar-refractivity contribution in [3.05, 3.63) is 58.1 Å². The molecule has 0 saturated heterocycles. The highest BCUT2D eigenvalue weighted by atomic mass is 79.9. The van der Waals surface area contributed by atoms with Gasteiger partial charge in [-0.05, 0) is 53.8 Å². The summed E-state index contributed by atoms with van der Waals surface area (Å²) in [6, 6.07) is 8.10. The van der Waals surface area contributed by atoms with E-state index in [4.69, 9.17) is 15.9 Å². The van der Waals surface area contributed by atoms with E-state index in [-0.39, 0.29) is 40.7 Å². The maximum Gasteiger partial charge on any atom is 0.252 e. The molecule has 2 aromatic rings. The number of fused-ring (bicyclic) bond motifs is 1. The molecule has 0 radical (unpaired) electrons. The number of hydrogen-bond acceptors (Lipinski definition) is 6. The Morgan fingerprint density at radius 2 is 1.86 bits per heavy atom. The van der Waals surface area contributed by atoms with Crippen molar-refractivity contribution in [1.82, 2.24) is 4.90 Å². The molecule has 4 N–H and O–H groups in total. The van der Waals surface area contributed by atoms with Crippen LogP contribution in [-0.4, -0.2) is 50.3 Å². The summed E-state index contributed by atoms with van der Waals surface area (Å²) in [4.78, 5) is 26.6. The number of amidine groups is 1. The van der Waals surface area contributed by atoms with Crippen LogP contribution in [-0.2, 0) is 22.0 Å². The number of nitrogens with zero attached hydrogens (tertiary/aromatic N) is 1. The molecule has 0 saturated carbocycles. The molecule has 0 atom stereocenters. The standard InChI is InChI=1S/C24H30N4O5S.BrH/c1-6-33-21-10-15-12-28(22(25)16(15)11-17(21)23(26)30)13-20(29)14-7-8-19(27-34(5,31)32)18(9-14)24(2,3)4;/h7-11,25,27H,6,12-13H2,1-5H3,(H2,26,30);1H. The number of ketones is 1. The molecular weight excluding hydrogens is 536 g/mol. The minimum absolute atomic E-state index is 0. The number of anilines is 1. The predicted octanol–water partition coefficient (Wildman–Crippen LogP) is 3.45. The van der Waals surface area contributed by atoms with Crippen molar-refractivity contribution in [3.8, 4) is 5.75 Å². The third-order valence-electron chi connectivity index (χ3n) is 5.48. The van der Waals surface area contributed by atoms with Crippen molar-refractivity contribution in [2.75, 3.05) is 24.1 Å². The molecule has 3 rings (SSSR count). The topological polar surface area (TPSA) is 143 Å². The molecule has 0 fully saturated rings. The van der Waals surface area contributed by atoms with Crippen LogP contribution in [0, 0.1) is 5.41 Å². The molecule has 0 aliphatic carbocycles. The van der Waals surface area contributed by atoms with Crippen LogP contribution in [0.3, 0.4) is 0 Å². The zero-order chi connectivity index (χ0) is 25.4. The molecular formula is C24H31BrN4O5S. The summed E-state index contributed by atoms with van der Waals surface area (Å²) in [7, 11) is -3.48. The number of benzene rings is 2. The fourth-order valence-corrected chi connectivity index (χ4v) is 4.50. The summed E-state index contributed by atoms with van der Waals surface area (Å²) in [5, 5.41) is 8.53. The van der Waals surface area contributed by atoms with Crippen LogP contribution < -0.4 is 15.2 Å². The van der Waals surface area contributed by atoms with E-state index in [1.165, 1.54) is 0 Å². The number of carbonyl (C=O) groups is 2. The molecule has 2 aromatic carbocycles. The first-order valence-electron chi connectivity index (χ1n) is 10.8. The summed E-state index contributed by atoms with van der Waals surface area (Å²) < 4.78 is 31.6. The van der Waals surface area contributed by atoms with Crippen LogP contribution in [0.4, 0.5) is 5.69 Å². The van der Waals surface area contributed by atoms with Gasteiger partial charge in [-0.15, -0.1) is 17.0 Å². The van der Waals surface area contributed by atoms with Crippen LogP contribution in [0.15, 0.2) is 30.3 Å². The number of nitrogens with two attached hydrogens (primary N) is 1. The Morgan fingerprint density at radius 3 is 2.40 bits per heavy atom. The molecule has 0 spiro atoms. The van der Waals surface area contributed by atoms with Gasteiger partial charge in [-0.2, -0.15) is 0 Å². The van der Waals surface area contributed by atoms with Gasteiger partial charge in [0.25, 0.3) is 5.91 Å². The number of nitrogens with one attached hydrogen (secondary N) is 2. The van der Waals surface area contributed by atoms with Crippen LogP contribution in [0.2, 0.25) is 0 Å². The zero-order valence-electron chi connectivity index (χ0n) is 20.4. The van der Waals surface area contributed by atoms with Crippen LogP contribution in [0.1, 0.15) is 65.1 Å². The summed E-state index contributed by atoms with van der Waals surface area (Å²) in [6.45, 7) is 8.23. The lowest BCUT2D eigenvalue weighted by Gasteiger charge is -2.24. The van der Waals surface area contributed by atoms with Gasteiger partial charge in [0, 0.05) is 17.7 Å². The fraction of sp³-hybridized carbons (Fsp3) is 0.375. The zero-order valence-corrected chi connectivity index (χ0v) is 22.9. The highest BCUT2D eigenvalue weighted by Crippen LogP contribution is 2.33. The lowest BCUT2D eigenvalue weighted by molar-refractivity contribution is 0.0960. The smallest absolute Gasteiger partial charge is 0.252 e. The molecule has 0 aromatic heterocycles. The predicted molar refractivity (Wildman–Crippen MR) is 142 cm³/mol. The first kappa shape index (κ1) is 28.3. The van der Waals surface area contributed by atoms with E-state index in [0.29, 0.717) is 41.3 Å². The van der Waals surface area contributed by atoms with E-state index in [1.807, 2.05) is 20.8 Å². The fourth-order valence-electron chi connectivity index (χ4n) is 3.92. The van der Waals surface area contributed by atoms with E-state index in [0.717, 1.165) is 11.8 Å². The average molecular weight is 568 g/mol. The van der Waals surface area contributed by atoms with E-state index in [2.05, 4.69) is 4.72 Å². The monoisotopic (exact) mass is 566 g/mol. The Kier molecular flexibility index (Phi) is 8.39. The maximum absolute atomic E-state index is 13.1. The van der Waals surface area contributed by atoms with E-state index >= 15 is 0 Å². The van der Waals surface area contributed by atoms with E-state index in [9.17, 15) is 18.0 Å². The maximum atomic E-state index is 13.1. The van der Waals surface area contributed by atoms with Crippen molar-refractivity contribution in [2.45, 2.75) is 39.7 Å². The van der Waals surface area contributed by atoms with Gasteiger partial charge in [0.15, 0.2) is 5.78 Å². The highest BCUT2D eigenvalue weighted by molar-refractivity contribution is 8.93. The Morgan fingerprint density at radius 1 is 1.20 bits per heavy atom. The third kappa shape index (κ3) is 6.40. The number of hydrogen-bond donors (Lipinski definition) is 3. The van der Waals surface area contributed by atoms with Gasteiger partial charge >= 0.3 is 0 Å². The van der Waals surface area contributed by atoms with Gasteiger partial charge in [-0.3, -0.25) is 19.7 Å². The van der Waals surface area contributed by atoms with Gasteiger partial charge in [-0.1, -0.05) is 20.8 Å². The molecule has 1 heterocycles. The molecule has 190 valence electrons. The Bertz CT molecular complexity index is 1290. The number of carbonyl (C=O) groups excluding carboxylic acids is 2. The van der Waals surface area contributed by atoms with Gasteiger partial charge < -0.3 is 15.4 Å². The van der Waals surface area contributed by atoms with Gasteiger partial charge in [0.2, 0.25) is 10.0 Å². The molecule has 0 unspecified atom stereocenters. The first-order chi connectivity index (χ1) is 15.7. The summed E-state index contributed by atoms with van der Waals surface area (Å²) in [5.74, 6) is -0.376. The normalized spacial score (nSPS) is 13.2. The van der Waals surface area contributed by atoms with Crippen molar-refractivity contribution in [3.63, 3.8) is 0 Å². The van der Waals surface area contributed by atoms with E-state index in [1.54, 1.807) is 42.2 Å². The second kappa shape index (κ2) is 10.4. The third-order valence-corrected chi connectivity index (χ3v) is 6.07. The van der Waals surface area contributed by atoms with Gasteiger partial charge in [-0.25, -0.2) is 8.42 Å². The number of Topliss-reactive ketones (excluding diaryl/α,β-unsaturated/α-hetero) is 1. The van der Waals surface area contributed by atoms with E-state index < -0.39 is 21.3 Å². The van der Waals surface area contributed by atoms with Crippen molar-refractivity contribution in [1.29, 1.82) is 5.41 Å². The Balaban J connectivity index is 0.00000432. The molecule has 9 nitrogen and oxygen atoms in total. The first-order valence-corrected chi connectivity index (χ1v) is 12.7. The molecule has 35 heavy (non-hydrogen) atoms. The highest BCUT2D eigenvalue weighted by Gasteiger charge is 2.29. The largest absolute Gasteiger partial charge is 0.493 e. The van der Waals surface area contributed by atoms with Crippen molar-refractivity contribution in [2.24, 2.45) is 5.73 Å². The van der Waals surface area contributed by atoms with Gasteiger partial charge in [0.1, 0.15) is 11.6 Å². The lowest BCUT2D eigenvalue weighted by atomic mass is 9.84. The molecule has 1 aliphatic rings. The summed E-state index contributed by atoms with van der Waals surface area (Å²) >= 11 is 0. The second-order valence-corrected chi connectivity index (χ2v) is 11.1. The quantitative estimate of drug-likeness (QED) is 0.417. The van der Waals surface area contributed by atoms with Crippen LogP contribution in [0.5, 0.6) is 5.75 Å². The molecule has 0 bridgehead atoms. The van der Waals surface area contributed by atoms with Crippen LogP contribution >= 0.6 is 17.0 Å². The van der Waals surface area contributed by atoms with Crippen molar-refractivity contribution < 1.29 is 22.7 Å². The molecule has 1 amide bonds. The SMILES string of the molecule is Br.CCOc1cc2c(cc1C(N)=O)C(=N)N(CC(=O)c1ccc(NS(C)(=O)=O)c(C(C)(C)C)c1)C2. The minimum atomic E-state index is -3.48. The number of halogens is 1. The lowest BCUT2D eigenvalue weighted by Crippen LogP contribution is -2.30. The summed E-state index contributed by atoms with van der Waals surface area (Å²) in [6.07, 6.45) is 1.08. The Labute approximate surface area is 216 Å². The Hall–Kier alpha value is -2.92. The second-order valence-electron chi connectivity index (χ2n) is 9.32. The molecule has 1 aliphatic heterocycles. The minimum Gasteiger partial charge on any atom is -0.493 e. The number of amides is 1.